The Labute approximate surface area is 150 Å². The van der Waals surface area contributed by atoms with Gasteiger partial charge in [0.2, 0.25) is 0 Å². The molecule has 0 saturated heterocycles. The zero-order chi connectivity index (χ0) is 15.2. The first kappa shape index (κ1) is 19.0. The molecule has 0 aliphatic heterocycles. The van der Waals surface area contributed by atoms with Crippen molar-refractivity contribution in [1.29, 1.82) is 0 Å². The zero-order valence-electron chi connectivity index (χ0n) is 13.7. The molecule has 0 atom stereocenters. The van der Waals surface area contributed by atoms with Gasteiger partial charge in [-0.1, -0.05) is 12.1 Å². The van der Waals surface area contributed by atoms with Gasteiger partial charge in [0.05, 0.1) is 6.54 Å². The summed E-state index contributed by atoms with van der Waals surface area (Å²) in [6.45, 7) is 2.18. The van der Waals surface area contributed by atoms with E-state index in [4.69, 9.17) is 10.5 Å². The molecule has 2 N–H and O–H groups in total. The maximum absolute atomic E-state index is 6.00. The number of ether oxygens (including phenoxy) is 1. The number of hydrogen-bond acceptors (Lipinski definition) is 3. The average Bonchev–Trinajstić information content (AvgIpc) is 3.28. The molecular weight excluding hydrogens is 391 g/mol. The Morgan fingerprint density at radius 2 is 2.05 bits per heavy atom. The number of nitrogens with zero attached hydrogens (tertiary/aromatic N) is 3. The highest BCUT2D eigenvalue weighted by molar-refractivity contribution is 14.0. The number of halogens is 1. The SMILES string of the molecule is CN(C)CCOc1cccc(CN=C(N)N(C)C2CC2)c1.I. The fraction of sp³-hybridized carbons (Fsp3) is 0.562. The molecule has 22 heavy (non-hydrogen) atoms. The van der Waals surface area contributed by atoms with E-state index in [1.807, 2.05) is 45.4 Å². The van der Waals surface area contributed by atoms with Crippen LogP contribution in [0, 0.1) is 0 Å². The van der Waals surface area contributed by atoms with Crippen LogP contribution in [0.25, 0.3) is 0 Å². The molecule has 0 aromatic heterocycles. The van der Waals surface area contributed by atoms with E-state index in [1.165, 1.54) is 12.8 Å². The monoisotopic (exact) mass is 418 g/mol. The summed E-state index contributed by atoms with van der Waals surface area (Å²) in [6.07, 6.45) is 2.45. The number of benzene rings is 1. The minimum atomic E-state index is 0. The molecule has 0 heterocycles. The van der Waals surface area contributed by atoms with E-state index in [1.54, 1.807) is 0 Å². The predicted octanol–water partition coefficient (Wildman–Crippen LogP) is 2.15. The van der Waals surface area contributed by atoms with Crippen molar-refractivity contribution >= 4 is 29.9 Å². The third-order valence-electron chi connectivity index (χ3n) is 3.59. The van der Waals surface area contributed by atoms with Gasteiger partial charge in [-0.05, 0) is 44.6 Å². The van der Waals surface area contributed by atoms with Gasteiger partial charge in [0.25, 0.3) is 0 Å². The molecule has 1 saturated carbocycles. The second-order valence-electron chi connectivity index (χ2n) is 5.82. The lowest BCUT2D eigenvalue weighted by molar-refractivity contribution is 0.261. The third kappa shape index (κ3) is 6.39. The number of rotatable bonds is 7. The molecule has 0 amide bonds. The minimum absolute atomic E-state index is 0. The first-order valence-electron chi connectivity index (χ1n) is 7.45. The van der Waals surface area contributed by atoms with Gasteiger partial charge >= 0.3 is 0 Å². The van der Waals surface area contributed by atoms with Gasteiger partial charge < -0.3 is 20.3 Å². The normalized spacial score (nSPS) is 14.6. The molecule has 124 valence electrons. The maximum atomic E-state index is 6.00. The Hall–Kier alpha value is -1.02. The fourth-order valence-corrected chi connectivity index (χ4v) is 2.01. The molecule has 1 aromatic rings. The Bertz CT molecular complexity index is 489. The van der Waals surface area contributed by atoms with Crippen molar-refractivity contribution in [3.05, 3.63) is 29.8 Å². The van der Waals surface area contributed by atoms with E-state index in [0.717, 1.165) is 17.9 Å². The van der Waals surface area contributed by atoms with E-state index < -0.39 is 0 Å². The third-order valence-corrected chi connectivity index (χ3v) is 3.59. The molecule has 0 bridgehead atoms. The highest BCUT2D eigenvalue weighted by atomic mass is 127. The van der Waals surface area contributed by atoms with Crippen molar-refractivity contribution in [2.24, 2.45) is 10.7 Å². The Morgan fingerprint density at radius 3 is 2.68 bits per heavy atom. The molecule has 1 aliphatic rings. The summed E-state index contributed by atoms with van der Waals surface area (Å²) in [5, 5.41) is 0. The maximum Gasteiger partial charge on any atom is 0.191 e. The molecule has 0 radical (unpaired) electrons. The molecule has 6 heteroatoms. The van der Waals surface area contributed by atoms with Crippen LogP contribution in [0.1, 0.15) is 18.4 Å². The average molecular weight is 418 g/mol. The van der Waals surface area contributed by atoms with Crippen LogP contribution in [0.5, 0.6) is 5.75 Å². The number of likely N-dealkylation sites (N-methyl/N-ethyl adjacent to an activating group) is 1. The van der Waals surface area contributed by atoms with Gasteiger partial charge in [-0.3, -0.25) is 0 Å². The van der Waals surface area contributed by atoms with Crippen LogP contribution in [0.2, 0.25) is 0 Å². The minimum Gasteiger partial charge on any atom is -0.492 e. The molecule has 5 nitrogen and oxygen atoms in total. The lowest BCUT2D eigenvalue weighted by Gasteiger charge is -2.17. The largest absolute Gasteiger partial charge is 0.492 e. The summed E-state index contributed by atoms with van der Waals surface area (Å²) < 4.78 is 5.73. The lowest BCUT2D eigenvalue weighted by Crippen LogP contribution is -2.35. The van der Waals surface area contributed by atoms with Crippen LogP contribution >= 0.6 is 24.0 Å². The lowest BCUT2D eigenvalue weighted by atomic mass is 10.2. The van der Waals surface area contributed by atoms with Gasteiger partial charge in [-0.2, -0.15) is 0 Å². The first-order valence-corrected chi connectivity index (χ1v) is 7.45. The molecular formula is C16H27IN4O. The quantitative estimate of drug-likeness (QED) is 0.419. The molecule has 1 aromatic carbocycles. The summed E-state index contributed by atoms with van der Waals surface area (Å²) in [6, 6.07) is 8.64. The second-order valence-corrected chi connectivity index (χ2v) is 5.82. The van der Waals surface area contributed by atoms with Crippen molar-refractivity contribution in [2.45, 2.75) is 25.4 Å². The Kier molecular flexibility index (Phi) is 7.95. The van der Waals surface area contributed by atoms with E-state index in [9.17, 15) is 0 Å². The van der Waals surface area contributed by atoms with Crippen LogP contribution in [0.3, 0.4) is 0 Å². The zero-order valence-corrected chi connectivity index (χ0v) is 16.0. The van der Waals surface area contributed by atoms with E-state index in [-0.39, 0.29) is 24.0 Å². The standard InChI is InChI=1S/C16H26N4O.HI/c1-19(2)9-10-21-15-6-4-5-13(11-15)12-18-16(17)20(3)14-7-8-14;/h4-6,11,14H,7-10,12H2,1-3H3,(H2,17,18);1H. The molecule has 1 aliphatic carbocycles. The Morgan fingerprint density at radius 1 is 1.32 bits per heavy atom. The van der Waals surface area contributed by atoms with Crippen LogP contribution in [-0.4, -0.2) is 56.1 Å². The van der Waals surface area contributed by atoms with Gasteiger partial charge in [0.1, 0.15) is 12.4 Å². The van der Waals surface area contributed by atoms with Gasteiger partial charge in [0, 0.05) is 19.6 Å². The van der Waals surface area contributed by atoms with Crippen molar-refractivity contribution in [1.82, 2.24) is 9.80 Å². The van der Waals surface area contributed by atoms with Crippen LogP contribution in [0.4, 0.5) is 0 Å². The number of hydrogen-bond donors (Lipinski definition) is 1. The second kappa shape index (κ2) is 9.19. The van der Waals surface area contributed by atoms with E-state index >= 15 is 0 Å². The first-order chi connectivity index (χ1) is 10.1. The molecule has 0 unspecified atom stereocenters. The van der Waals surface area contributed by atoms with Gasteiger partial charge in [-0.25, -0.2) is 4.99 Å². The number of aliphatic imine (C=N–C) groups is 1. The summed E-state index contributed by atoms with van der Waals surface area (Å²) in [7, 11) is 6.08. The summed E-state index contributed by atoms with van der Waals surface area (Å²) in [5.74, 6) is 1.51. The summed E-state index contributed by atoms with van der Waals surface area (Å²) >= 11 is 0. The van der Waals surface area contributed by atoms with Crippen molar-refractivity contribution in [2.75, 3.05) is 34.3 Å². The van der Waals surface area contributed by atoms with E-state index in [2.05, 4.69) is 14.8 Å². The highest BCUT2D eigenvalue weighted by Gasteiger charge is 2.27. The number of guanidine groups is 1. The smallest absolute Gasteiger partial charge is 0.191 e. The topological polar surface area (TPSA) is 54.1 Å². The summed E-state index contributed by atoms with van der Waals surface area (Å²) in [5.41, 5.74) is 7.11. The van der Waals surface area contributed by atoms with Crippen molar-refractivity contribution in [3.8, 4) is 5.75 Å². The Balaban J connectivity index is 0.00000242. The fourth-order valence-electron chi connectivity index (χ4n) is 2.01. The highest BCUT2D eigenvalue weighted by Crippen LogP contribution is 2.25. The predicted molar refractivity (Wildman–Crippen MR) is 102 cm³/mol. The van der Waals surface area contributed by atoms with Crippen LogP contribution in [-0.2, 0) is 6.54 Å². The molecule has 1 fully saturated rings. The van der Waals surface area contributed by atoms with Crippen molar-refractivity contribution in [3.63, 3.8) is 0 Å². The van der Waals surface area contributed by atoms with Crippen molar-refractivity contribution < 1.29 is 4.74 Å². The number of nitrogens with two attached hydrogens (primary N) is 1. The van der Waals surface area contributed by atoms with Gasteiger partial charge in [-0.15, -0.1) is 24.0 Å². The van der Waals surface area contributed by atoms with Crippen LogP contribution < -0.4 is 10.5 Å². The molecule has 2 rings (SSSR count). The molecule has 0 spiro atoms. The van der Waals surface area contributed by atoms with Crippen LogP contribution in [0.15, 0.2) is 29.3 Å². The summed E-state index contributed by atoms with van der Waals surface area (Å²) in [4.78, 5) is 8.63. The van der Waals surface area contributed by atoms with E-state index in [0.29, 0.717) is 25.2 Å². The van der Waals surface area contributed by atoms with Gasteiger partial charge in [0.15, 0.2) is 5.96 Å².